The van der Waals surface area contributed by atoms with E-state index in [1.807, 2.05) is 18.2 Å². The molecule has 1 aromatic heterocycles. The number of nitrogens with zero attached hydrogens (tertiary/aromatic N) is 1. The Labute approximate surface area is 123 Å². The van der Waals surface area contributed by atoms with Gasteiger partial charge >= 0.3 is 0 Å². The van der Waals surface area contributed by atoms with Crippen LogP contribution in [0.5, 0.6) is 5.75 Å². The Balaban J connectivity index is 1.86. The fraction of sp³-hybridized carbons (Fsp3) is 0.235. The minimum atomic E-state index is 0.844. The van der Waals surface area contributed by atoms with Crippen molar-refractivity contribution in [2.75, 3.05) is 13.7 Å². The monoisotopic (exact) mass is 279 g/mol. The van der Waals surface area contributed by atoms with Crippen LogP contribution in [0.2, 0.25) is 0 Å². The number of hydrogen-bond acceptors (Lipinski definition) is 3. The second-order valence-corrected chi connectivity index (χ2v) is 5.34. The average Bonchev–Trinajstić information content (AvgIpc) is 2.97. The molecule has 0 aliphatic carbocycles. The van der Waals surface area contributed by atoms with E-state index in [-0.39, 0.29) is 0 Å². The lowest BCUT2D eigenvalue weighted by Gasteiger charge is -2.19. The Morgan fingerprint density at radius 1 is 1.19 bits per heavy atom. The van der Waals surface area contributed by atoms with Crippen LogP contribution < -0.4 is 10.1 Å². The highest BCUT2D eigenvalue weighted by Gasteiger charge is 2.16. The van der Waals surface area contributed by atoms with Gasteiger partial charge < -0.3 is 15.0 Å². The van der Waals surface area contributed by atoms with Gasteiger partial charge in [0, 0.05) is 18.2 Å². The van der Waals surface area contributed by atoms with E-state index in [1.165, 1.54) is 16.7 Å². The number of aromatic amines is 1. The summed E-state index contributed by atoms with van der Waals surface area (Å²) in [4.78, 5) is 8.16. The van der Waals surface area contributed by atoms with Crippen molar-refractivity contribution in [3.05, 3.63) is 47.5 Å². The first-order valence-electron chi connectivity index (χ1n) is 7.21. The Bertz CT molecular complexity index is 807. The molecule has 2 N–H and O–H groups in total. The van der Waals surface area contributed by atoms with Crippen LogP contribution in [-0.4, -0.2) is 23.6 Å². The third kappa shape index (κ3) is 2.08. The zero-order chi connectivity index (χ0) is 14.2. The smallest absolute Gasteiger partial charge is 0.138 e. The molecule has 0 spiro atoms. The van der Waals surface area contributed by atoms with Crippen LogP contribution in [0.1, 0.15) is 11.1 Å². The van der Waals surface area contributed by atoms with E-state index in [1.54, 1.807) is 7.11 Å². The minimum Gasteiger partial charge on any atom is -0.497 e. The number of hydrogen-bond donors (Lipinski definition) is 2. The number of methoxy groups -OCH3 is 1. The van der Waals surface area contributed by atoms with Crippen LogP contribution in [0.3, 0.4) is 0 Å². The molecular weight excluding hydrogens is 262 g/mol. The second kappa shape index (κ2) is 4.90. The predicted octanol–water partition coefficient (Wildman–Crippen LogP) is 2.88. The summed E-state index contributed by atoms with van der Waals surface area (Å²) < 4.78 is 5.27. The highest BCUT2D eigenvalue weighted by atomic mass is 16.5. The van der Waals surface area contributed by atoms with Crippen LogP contribution >= 0.6 is 0 Å². The highest BCUT2D eigenvalue weighted by molar-refractivity contribution is 5.81. The van der Waals surface area contributed by atoms with Gasteiger partial charge in [0.05, 0.1) is 18.1 Å². The van der Waals surface area contributed by atoms with Gasteiger partial charge in [0.1, 0.15) is 11.6 Å². The fourth-order valence-corrected chi connectivity index (χ4v) is 3.00. The lowest BCUT2D eigenvalue weighted by Crippen LogP contribution is -2.24. The Kier molecular flexibility index (Phi) is 2.89. The molecule has 0 fully saturated rings. The maximum atomic E-state index is 5.27. The van der Waals surface area contributed by atoms with Crippen molar-refractivity contribution in [3.63, 3.8) is 0 Å². The van der Waals surface area contributed by atoms with E-state index >= 15 is 0 Å². The van der Waals surface area contributed by atoms with Crippen molar-refractivity contribution >= 4 is 11.0 Å². The first-order valence-corrected chi connectivity index (χ1v) is 7.21. The Morgan fingerprint density at radius 2 is 2.14 bits per heavy atom. The quantitative estimate of drug-likeness (QED) is 0.758. The van der Waals surface area contributed by atoms with E-state index in [0.29, 0.717) is 0 Å². The maximum Gasteiger partial charge on any atom is 0.138 e. The Morgan fingerprint density at radius 3 is 3.05 bits per heavy atom. The van der Waals surface area contributed by atoms with Gasteiger partial charge in [0.15, 0.2) is 0 Å². The van der Waals surface area contributed by atoms with E-state index in [0.717, 1.165) is 42.1 Å². The first kappa shape index (κ1) is 12.4. The van der Waals surface area contributed by atoms with Gasteiger partial charge in [-0.25, -0.2) is 4.98 Å². The molecule has 0 radical (unpaired) electrons. The molecule has 1 aliphatic heterocycles. The normalized spacial score (nSPS) is 14.1. The minimum absolute atomic E-state index is 0.844. The molecule has 2 aromatic carbocycles. The number of nitrogens with one attached hydrogen (secondary N) is 2. The zero-order valence-corrected chi connectivity index (χ0v) is 11.9. The second-order valence-electron chi connectivity index (χ2n) is 5.34. The van der Waals surface area contributed by atoms with Gasteiger partial charge in [0.25, 0.3) is 0 Å². The third-order valence-electron chi connectivity index (χ3n) is 4.08. The number of ether oxygens (including phenoxy) is 1. The molecule has 0 bridgehead atoms. The van der Waals surface area contributed by atoms with Crippen LogP contribution in [0.4, 0.5) is 0 Å². The molecule has 0 unspecified atom stereocenters. The number of fused-ring (bicyclic) bond motifs is 2. The zero-order valence-electron chi connectivity index (χ0n) is 11.9. The van der Waals surface area contributed by atoms with Gasteiger partial charge in [-0.2, -0.15) is 0 Å². The largest absolute Gasteiger partial charge is 0.497 e. The van der Waals surface area contributed by atoms with Crippen molar-refractivity contribution in [3.8, 4) is 17.1 Å². The summed E-state index contributed by atoms with van der Waals surface area (Å²) in [6.07, 6.45) is 1.05. The van der Waals surface area contributed by atoms with Crippen molar-refractivity contribution in [2.45, 2.75) is 13.0 Å². The number of rotatable bonds is 2. The number of H-pyrrole nitrogens is 1. The molecule has 3 aromatic rings. The number of benzene rings is 2. The predicted molar refractivity (Wildman–Crippen MR) is 83.5 cm³/mol. The van der Waals surface area contributed by atoms with Gasteiger partial charge in [-0.05, 0) is 36.2 Å². The van der Waals surface area contributed by atoms with Crippen LogP contribution in [-0.2, 0) is 13.0 Å². The summed E-state index contributed by atoms with van der Waals surface area (Å²) in [6.45, 7) is 1.97. The van der Waals surface area contributed by atoms with Crippen LogP contribution in [0.15, 0.2) is 36.4 Å². The van der Waals surface area contributed by atoms with E-state index < -0.39 is 0 Å². The average molecular weight is 279 g/mol. The van der Waals surface area contributed by atoms with Gasteiger partial charge in [-0.15, -0.1) is 0 Å². The van der Waals surface area contributed by atoms with Crippen LogP contribution in [0, 0.1) is 0 Å². The lowest BCUT2D eigenvalue weighted by molar-refractivity contribution is 0.415. The van der Waals surface area contributed by atoms with Gasteiger partial charge in [-0.1, -0.05) is 18.2 Å². The summed E-state index contributed by atoms with van der Waals surface area (Å²) in [6, 6.07) is 12.4. The van der Waals surface area contributed by atoms with Gasteiger partial charge in [0.2, 0.25) is 0 Å². The number of imidazole rings is 1. The SMILES string of the molecule is COc1ccc2nc(-c3cccc4c3CCNC4)[nH]c2c1. The summed E-state index contributed by atoms with van der Waals surface area (Å²) in [7, 11) is 1.68. The lowest BCUT2D eigenvalue weighted by atomic mass is 9.95. The van der Waals surface area contributed by atoms with E-state index in [2.05, 4.69) is 28.5 Å². The molecule has 0 saturated heterocycles. The van der Waals surface area contributed by atoms with Crippen molar-refractivity contribution in [2.24, 2.45) is 0 Å². The molecule has 1 aliphatic rings. The molecule has 0 saturated carbocycles. The fourth-order valence-electron chi connectivity index (χ4n) is 3.00. The highest BCUT2D eigenvalue weighted by Crippen LogP contribution is 2.29. The van der Waals surface area contributed by atoms with Crippen molar-refractivity contribution < 1.29 is 4.74 Å². The van der Waals surface area contributed by atoms with Crippen molar-refractivity contribution in [1.82, 2.24) is 15.3 Å². The molecule has 0 amide bonds. The van der Waals surface area contributed by atoms with Gasteiger partial charge in [-0.3, -0.25) is 0 Å². The summed E-state index contributed by atoms with van der Waals surface area (Å²) in [5.41, 5.74) is 5.97. The summed E-state index contributed by atoms with van der Waals surface area (Å²) >= 11 is 0. The number of aromatic nitrogens is 2. The van der Waals surface area contributed by atoms with E-state index in [4.69, 9.17) is 9.72 Å². The van der Waals surface area contributed by atoms with Crippen molar-refractivity contribution in [1.29, 1.82) is 0 Å². The standard InChI is InChI=1S/C17H17N3O/c1-21-12-5-6-15-16(9-12)20-17(19-15)14-4-2-3-11-10-18-8-7-13(11)14/h2-6,9,18H,7-8,10H2,1H3,(H,19,20). The third-order valence-corrected chi connectivity index (χ3v) is 4.08. The van der Waals surface area contributed by atoms with Crippen LogP contribution in [0.25, 0.3) is 22.4 Å². The topological polar surface area (TPSA) is 49.9 Å². The molecule has 0 atom stereocenters. The summed E-state index contributed by atoms with van der Waals surface area (Å²) in [5.74, 6) is 1.79. The molecule has 4 rings (SSSR count). The Hall–Kier alpha value is -2.33. The molecule has 106 valence electrons. The van der Waals surface area contributed by atoms with E-state index in [9.17, 15) is 0 Å². The molecule has 4 heteroatoms. The summed E-state index contributed by atoms with van der Waals surface area (Å²) in [5, 5.41) is 3.41. The molecule has 21 heavy (non-hydrogen) atoms. The maximum absolute atomic E-state index is 5.27. The first-order chi connectivity index (χ1) is 10.3. The molecule has 2 heterocycles. The molecular formula is C17H17N3O. The molecule has 4 nitrogen and oxygen atoms in total.